The molecule has 5 nitrogen and oxygen atoms in total. The minimum atomic E-state index is 0.310. The summed E-state index contributed by atoms with van der Waals surface area (Å²) in [6.45, 7) is 5.67. The van der Waals surface area contributed by atoms with Crippen molar-refractivity contribution in [1.82, 2.24) is 9.88 Å². The highest BCUT2D eigenvalue weighted by Gasteiger charge is 2.16. The first kappa shape index (κ1) is 11.3. The fourth-order valence-electron chi connectivity index (χ4n) is 1.91. The normalized spacial score (nSPS) is 22.0. The predicted octanol–water partition coefficient (Wildman–Crippen LogP) is 0.588. The zero-order valence-electron chi connectivity index (χ0n) is 9.52. The molecule has 3 N–H and O–H groups in total. The Morgan fingerprint density at radius 1 is 1.62 bits per heavy atom. The Balaban J connectivity index is 1.97. The molecule has 1 aromatic heterocycles. The van der Waals surface area contributed by atoms with E-state index in [0.717, 1.165) is 31.9 Å². The number of nitrogens with zero attached hydrogens (tertiary/aromatic N) is 2. The van der Waals surface area contributed by atoms with Crippen molar-refractivity contribution in [2.24, 2.45) is 5.84 Å². The molecule has 0 saturated carbocycles. The van der Waals surface area contributed by atoms with E-state index in [1.54, 1.807) is 0 Å². The van der Waals surface area contributed by atoms with E-state index in [2.05, 4.69) is 22.2 Å². The smallest absolute Gasteiger partial charge is 0.140 e. The summed E-state index contributed by atoms with van der Waals surface area (Å²) < 4.78 is 5.50. The molecule has 1 atom stereocenters. The Morgan fingerprint density at radius 2 is 2.50 bits per heavy atom. The van der Waals surface area contributed by atoms with Gasteiger partial charge in [-0.1, -0.05) is 6.07 Å². The van der Waals surface area contributed by atoms with Gasteiger partial charge in [-0.05, 0) is 19.1 Å². The number of aromatic nitrogens is 1. The van der Waals surface area contributed by atoms with Crippen LogP contribution in [0.4, 0.5) is 5.82 Å². The van der Waals surface area contributed by atoms with E-state index in [9.17, 15) is 0 Å². The standard InChI is InChI=1S/C11H18N4O/c1-9-7-15(5-6-16-9)8-10-3-2-4-11(13-10)14-12/h2-4,9H,5-8,12H2,1H3,(H,13,14). The van der Waals surface area contributed by atoms with Crippen LogP contribution < -0.4 is 11.3 Å². The topological polar surface area (TPSA) is 63.4 Å². The first-order chi connectivity index (χ1) is 7.78. The molecule has 0 spiro atoms. The lowest BCUT2D eigenvalue weighted by Crippen LogP contribution is -2.40. The Morgan fingerprint density at radius 3 is 3.25 bits per heavy atom. The van der Waals surface area contributed by atoms with Crippen LogP contribution in [0.5, 0.6) is 0 Å². The van der Waals surface area contributed by atoms with Gasteiger partial charge in [0, 0.05) is 19.6 Å². The number of hydrogen-bond acceptors (Lipinski definition) is 5. The zero-order chi connectivity index (χ0) is 11.4. The molecule has 2 heterocycles. The first-order valence-electron chi connectivity index (χ1n) is 5.54. The molecule has 16 heavy (non-hydrogen) atoms. The number of nitrogens with two attached hydrogens (primary N) is 1. The summed E-state index contributed by atoms with van der Waals surface area (Å²) in [5.41, 5.74) is 3.59. The van der Waals surface area contributed by atoms with Crippen LogP contribution in [0.15, 0.2) is 18.2 Å². The third-order valence-electron chi connectivity index (χ3n) is 2.67. The molecular weight excluding hydrogens is 204 g/mol. The summed E-state index contributed by atoms with van der Waals surface area (Å²) in [6.07, 6.45) is 0.310. The second-order valence-electron chi connectivity index (χ2n) is 4.08. The Hall–Kier alpha value is -1.17. The van der Waals surface area contributed by atoms with Gasteiger partial charge in [0.15, 0.2) is 0 Å². The van der Waals surface area contributed by atoms with E-state index in [4.69, 9.17) is 10.6 Å². The van der Waals surface area contributed by atoms with E-state index in [1.165, 1.54) is 0 Å². The van der Waals surface area contributed by atoms with Crippen molar-refractivity contribution in [2.45, 2.75) is 19.6 Å². The highest BCUT2D eigenvalue weighted by molar-refractivity contribution is 5.33. The third-order valence-corrected chi connectivity index (χ3v) is 2.67. The van der Waals surface area contributed by atoms with Crippen LogP contribution in [0.25, 0.3) is 0 Å². The molecule has 0 amide bonds. The molecule has 88 valence electrons. The lowest BCUT2D eigenvalue weighted by molar-refractivity contribution is -0.0215. The van der Waals surface area contributed by atoms with Crippen LogP contribution in [0.1, 0.15) is 12.6 Å². The van der Waals surface area contributed by atoms with Crippen molar-refractivity contribution >= 4 is 5.82 Å². The molecule has 0 aliphatic carbocycles. The summed E-state index contributed by atoms with van der Waals surface area (Å²) in [7, 11) is 0. The maximum Gasteiger partial charge on any atom is 0.140 e. The van der Waals surface area contributed by atoms with Crippen LogP contribution in [0.2, 0.25) is 0 Å². The van der Waals surface area contributed by atoms with Crippen LogP contribution in [0, 0.1) is 0 Å². The molecular formula is C11H18N4O. The molecule has 1 saturated heterocycles. The van der Waals surface area contributed by atoms with Crippen LogP contribution >= 0.6 is 0 Å². The molecule has 0 aromatic carbocycles. The van der Waals surface area contributed by atoms with Gasteiger partial charge >= 0.3 is 0 Å². The Labute approximate surface area is 95.6 Å². The molecule has 1 unspecified atom stereocenters. The number of nitrogens with one attached hydrogen (secondary N) is 1. The summed E-state index contributed by atoms with van der Waals surface area (Å²) in [6, 6.07) is 5.83. The molecule has 2 rings (SSSR count). The monoisotopic (exact) mass is 222 g/mol. The highest BCUT2D eigenvalue weighted by atomic mass is 16.5. The van der Waals surface area contributed by atoms with Crippen molar-refractivity contribution in [3.05, 3.63) is 23.9 Å². The van der Waals surface area contributed by atoms with E-state index >= 15 is 0 Å². The van der Waals surface area contributed by atoms with Crippen molar-refractivity contribution in [3.8, 4) is 0 Å². The van der Waals surface area contributed by atoms with Crippen molar-refractivity contribution in [2.75, 3.05) is 25.1 Å². The minimum absolute atomic E-state index is 0.310. The molecule has 1 aliphatic rings. The molecule has 0 bridgehead atoms. The summed E-state index contributed by atoms with van der Waals surface area (Å²) in [4.78, 5) is 6.74. The molecule has 1 fully saturated rings. The number of ether oxygens (including phenoxy) is 1. The highest BCUT2D eigenvalue weighted by Crippen LogP contribution is 2.10. The molecule has 1 aliphatic heterocycles. The van der Waals surface area contributed by atoms with Gasteiger partial charge in [-0.25, -0.2) is 10.8 Å². The quantitative estimate of drug-likeness (QED) is 0.579. The fourth-order valence-corrected chi connectivity index (χ4v) is 1.91. The van der Waals surface area contributed by atoms with Gasteiger partial charge in [0.1, 0.15) is 5.82 Å². The van der Waals surface area contributed by atoms with Gasteiger partial charge < -0.3 is 10.2 Å². The summed E-state index contributed by atoms with van der Waals surface area (Å²) in [5, 5.41) is 0. The zero-order valence-corrected chi connectivity index (χ0v) is 9.52. The number of anilines is 1. The van der Waals surface area contributed by atoms with E-state index in [1.807, 2.05) is 18.2 Å². The number of morpholine rings is 1. The summed E-state index contributed by atoms with van der Waals surface area (Å²) in [5.74, 6) is 6.04. The van der Waals surface area contributed by atoms with Crippen molar-refractivity contribution < 1.29 is 4.74 Å². The predicted molar refractivity (Wildman–Crippen MR) is 62.7 cm³/mol. The van der Waals surface area contributed by atoms with Crippen LogP contribution in [-0.4, -0.2) is 35.7 Å². The fraction of sp³-hybridized carbons (Fsp3) is 0.545. The number of hydrazine groups is 1. The first-order valence-corrected chi connectivity index (χ1v) is 5.54. The van der Waals surface area contributed by atoms with E-state index in [-0.39, 0.29) is 0 Å². The number of nitrogen functional groups attached to an aromatic ring is 1. The number of rotatable bonds is 3. The van der Waals surface area contributed by atoms with Crippen LogP contribution in [0.3, 0.4) is 0 Å². The van der Waals surface area contributed by atoms with Gasteiger partial charge in [-0.15, -0.1) is 0 Å². The van der Waals surface area contributed by atoms with E-state index in [0.29, 0.717) is 11.9 Å². The maximum absolute atomic E-state index is 5.50. The van der Waals surface area contributed by atoms with Gasteiger partial charge in [0.05, 0.1) is 18.4 Å². The second kappa shape index (κ2) is 5.25. The molecule has 1 aromatic rings. The van der Waals surface area contributed by atoms with Gasteiger partial charge in [-0.3, -0.25) is 4.90 Å². The average Bonchev–Trinajstić information content (AvgIpc) is 2.29. The number of hydrogen-bond donors (Lipinski definition) is 2. The van der Waals surface area contributed by atoms with Crippen molar-refractivity contribution in [3.63, 3.8) is 0 Å². The lowest BCUT2D eigenvalue weighted by Gasteiger charge is -2.30. The molecule has 0 radical (unpaired) electrons. The average molecular weight is 222 g/mol. The van der Waals surface area contributed by atoms with Crippen LogP contribution in [-0.2, 0) is 11.3 Å². The largest absolute Gasteiger partial charge is 0.376 e. The van der Waals surface area contributed by atoms with Gasteiger partial charge in [0.25, 0.3) is 0 Å². The maximum atomic E-state index is 5.50. The third kappa shape index (κ3) is 2.91. The number of pyridine rings is 1. The van der Waals surface area contributed by atoms with Gasteiger partial charge in [0.2, 0.25) is 0 Å². The lowest BCUT2D eigenvalue weighted by atomic mass is 10.2. The van der Waals surface area contributed by atoms with E-state index < -0.39 is 0 Å². The van der Waals surface area contributed by atoms with Crippen molar-refractivity contribution in [1.29, 1.82) is 0 Å². The SMILES string of the molecule is CC1CN(Cc2cccc(NN)n2)CCO1. The Bertz CT molecular complexity index is 345. The summed E-state index contributed by atoms with van der Waals surface area (Å²) >= 11 is 0. The molecule has 5 heteroatoms. The Kier molecular flexibility index (Phi) is 3.71. The van der Waals surface area contributed by atoms with Gasteiger partial charge in [-0.2, -0.15) is 0 Å². The second-order valence-corrected chi connectivity index (χ2v) is 4.08. The minimum Gasteiger partial charge on any atom is -0.376 e.